The van der Waals surface area contributed by atoms with E-state index < -0.39 is 0 Å². The van der Waals surface area contributed by atoms with Crippen molar-refractivity contribution in [2.24, 2.45) is 0 Å². The molecule has 0 aliphatic heterocycles. The van der Waals surface area contributed by atoms with Gasteiger partial charge in [0, 0.05) is 65.9 Å². The van der Waals surface area contributed by atoms with E-state index in [9.17, 15) is 0 Å². The molecule has 4 heterocycles. The van der Waals surface area contributed by atoms with Gasteiger partial charge in [0.25, 0.3) is 0 Å². The van der Waals surface area contributed by atoms with E-state index in [-0.39, 0.29) is 16.2 Å². The van der Waals surface area contributed by atoms with Gasteiger partial charge in [-0.3, -0.25) is 9.13 Å². The number of rotatable bonds is 4. The highest BCUT2D eigenvalue weighted by molar-refractivity contribution is 6.14. The minimum Gasteiger partial charge on any atom is -0.309 e. The zero-order chi connectivity index (χ0) is 54.7. The van der Waals surface area contributed by atoms with Gasteiger partial charge in [-0.2, -0.15) is 4.98 Å². The van der Waals surface area contributed by atoms with Crippen molar-refractivity contribution in [2.45, 2.75) is 70.6 Å². The molecular weight excluding hydrogens is 995 g/mol. The van der Waals surface area contributed by atoms with Crippen molar-refractivity contribution in [3.63, 3.8) is 0 Å². The van der Waals surface area contributed by atoms with Gasteiger partial charge < -0.3 is 4.57 Å². The average molecular weight is 1050 g/mol. The Bertz CT molecular complexity index is 5110. The van der Waals surface area contributed by atoms with Crippen LogP contribution in [0.2, 0.25) is 0 Å². The second-order valence-electron chi connectivity index (χ2n) is 25.3. The molecule has 0 atom stereocenters. The predicted octanol–water partition coefficient (Wildman–Crippen LogP) is 19.6. The summed E-state index contributed by atoms with van der Waals surface area (Å²) in [6.07, 6.45) is 6.95. The number of hydrogen-bond donors (Lipinski definition) is 0. The van der Waals surface area contributed by atoms with Crippen molar-refractivity contribution in [1.29, 1.82) is 0 Å². The third kappa shape index (κ3) is 5.97. The maximum atomic E-state index is 5.81. The van der Waals surface area contributed by atoms with Crippen molar-refractivity contribution in [2.75, 3.05) is 0 Å². The summed E-state index contributed by atoms with van der Waals surface area (Å²) >= 11 is 0. The van der Waals surface area contributed by atoms with Gasteiger partial charge in [-0.15, -0.1) is 0 Å². The minimum absolute atomic E-state index is 0.0398. The van der Waals surface area contributed by atoms with Crippen LogP contribution in [-0.4, -0.2) is 23.7 Å². The highest BCUT2D eigenvalue weighted by Gasteiger charge is 2.40. The lowest BCUT2D eigenvalue weighted by atomic mass is 9.78. The zero-order valence-corrected chi connectivity index (χ0v) is 46.9. The second-order valence-corrected chi connectivity index (χ2v) is 25.3. The molecule has 4 aliphatic rings. The third-order valence-corrected chi connectivity index (χ3v) is 20.0. The Morgan fingerprint density at radius 2 is 0.878 bits per heavy atom. The van der Waals surface area contributed by atoms with Crippen LogP contribution >= 0.6 is 0 Å². The molecule has 0 bridgehead atoms. The number of aromatic nitrogens is 5. The highest BCUT2D eigenvalue weighted by Crippen LogP contribution is 2.55. The molecule has 0 saturated heterocycles. The van der Waals surface area contributed by atoms with Gasteiger partial charge in [-0.1, -0.05) is 181 Å². The van der Waals surface area contributed by atoms with Crippen LogP contribution in [0.4, 0.5) is 0 Å². The Morgan fingerprint density at radius 3 is 1.51 bits per heavy atom. The van der Waals surface area contributed by atoms with Crippen LogP contribution in [0.5, 0.6) is 0 Å². The number of para-hydroxylation sites is 3. The van der Waals surface area contributed by atoms with E-state index in [0.29, 0.717) is 5.95 Å². The Balaban J connectivity index is 0.882. The molecule has 18 rings (SSSR count). The summed E-state index contributed by atoms with van der Waals surface area (Å²) in [6, 6.07) is 75.4. The Labute approximate surface area is 475 Å². The molecule has 0 N–H and O–H groups in total. The first-order chi connectivity index (χ1) is 39.9. The van der Waals surface area contributed by atoms with Gasteiger partial charge in [-0.25, -0.2) is 4.98 Å². The molecule has 5 nitrogen and oxygen atoms in total. The molecule has 0 radical (unpaired) electrons. The molecule has 0 spiro atoms. The molecule has 4 aromatic heterocycles. The fraction of sp³-hybridized carbons (Fsp3) is 0.143. The third-order valence-electron chi connectivity index (χ3n) is 20.0. The molecule has 390 valence electrons. The van der Waals surface area contributed by atoms with E-state index in [2.05, 4.69) is 268 Å². The van der Waals surface area contributed by atoms with Crippen molar-refractivity contribution >= 4 is 81.8 Å². The van der Waals surface area contributed by atoms with Crippen molar-refractivity contribution < 1.29 is 0 Å². The molecule has 5 heteroatoms. The van der Waals surface area contributed by atoms with Gasteiger partial charge in [0.15, 0.2) is 0 Å². The Hall–Kier alpha value is -9.58. The molecule has 0 unspecified atom stereocenters. The van der Waals surface area contributed by atoms with E-state index in [4.69, 9.17) is 9.97 Å². The van der Waals surface area contributed by atoms with E-state index in [1.54, 1.807) is 5.57 Å². The summed E-state index contributed by atoms with van der Waals surface area (Å²) in [7, 11) is 0. The van der Waals surface area contributed by atoms with Gasteiger partial charge in [0.2, 0.25) is 5.95 Å². The van der Waals surface area contributed by atoms with Crippen molar-refractivity contribution in [1.82, 2.24) is 23.7 Å². The molecule has 10 aromatic carbocycles. The fourth-order valence-electron chi connectivity index (χ4n) is 15.9. The second kappa shape index (κ2) is 15.9. The van der Waals surface area contributed by atoms with Gasteiger partial charge in [-0.05, 0) is 158 Å². The highest BCUT2D eigenvalue weighted by atomic mass is 15.2. The number of fused-ring (bicyclic) bond motifs is 18. The van der Waals surface area contributed by atoms with Crippen LogP contribution in [0.1, 0.15) is 87.8 Å². The standard InChI is InChI=1S/C77H57N5/c1-75(2)60-25-13-7-19-48(60)54-37-57-51-22-10-16-28-67(51)80(70(57)40-63(54)75)47-34-33-44-31-32-45(35-46(44)36-47)66-43-73(81-68-29-17-11-23-52(68)58-38-55-49-20-8-14-26-61(49)76(3,4)64(55)41-71(58)81)79-74(78-66)82-69-30-18-12-24-53(69)59-39-56-50-21-9-15-27-62(50)77(5,6)65(56)42-72(59)82/h7-12,14-24,26-43H,13,25H2,1-6H3. The maximum Gasteiger partial charge on any atom is 0.237 e. The monoisotopic (exact) mass is 1050 g/mol. The van der Waals surface area contributed by atoms with E-state index in [0.717, 1.165) is 63.1 Å². The Kier molecular flexibility index (Phi) is 8.94. The summed E-state index contributed by atoms with van der Waals surface area (Å²) in [5, 5.41) is 9.66. The number of hydrogen-bond acceptors (Lipinski definition) is 2. The first-order valence-electron chi connectivity index (χ1n) is 29.2. The van der Waals surface area contributed by atoms with E-state index in [1.807, 2.05) is 0 Å². The lowest BCUT2D eigenvalue weighted by Crippen LogP contribution is -2.17. The van der Waals surface area contributed by atoms with Crippen LogP contribution in [0.25, 0.3) is 133 Å². The lowest BCUT2D eigenvalue weighted by molar-refractivity contribution is 0.608. The first kappa shape index (κ1) is 46.2. The summed E-state index contributed by atoms with van der Waals surface area (Å²) in [6.45, 7) is 14.3. The molecule has 82 heavy (non-hydrogen) atoms. The summed E-state index contributed by atoms with van der Waals surface area (Å²) in [5.74, 6) is 1.45. The smallest absolute Gasteiger partial charge is 0.237 e. The zero-order valence-electron chi connectivity index (χ0n) is 46.9. The summed E-state index contributed by atoms with van der Waals surface area (Å²) in [5.41, 5.74) is 25.8. The number of benzene rings is 10. The number of allylic oxidation sites excluding steroid dienone is 4. The predicted molar refractivity (Wildman–Crippen MR) is 341 cm³/mol. The van der Waals surface area contributed by atoms with Gasteiger partial charge in [0.1, 0.15) is 5.82 Å². The van der Waals surface area contributed by atoms with Crippen LogP contribution < -0.4 is 0 Å². The van der Waals surface area contributed by atoms with Crippen LogP contribution in [0.15, 0.2) is 218 Å². The molecule has 14 aromatic rings. The molecular formula is C77H57N5. The first-order valence-corrected chi connectivity index (χ1v) is 29.2. The fourth-order valence-corrected chi connectivity index (χ4v) is 15.9. The van der Waals surface area contributed by atoms with Crippen LogP contribution in [0.3, 0.4) is 0 Å². The van der Waals surface area contributed by atoms with Crippen molar-refractivity contribution in [3.05, 3.63) is 251 Å². The van der Waals surface area contributed by atoms with E-state index >= 15 is 0 Å². The van der Waals surface area contributed by atoms with Crippen LogP contribution in [0, 0.1) is 0 Å². The molecule has 4 aliphatic carbocycles. The normalized spacial score (nSPS) is 16.0. The SMILES string of the molecule is CC1(C)C2=C(C=CCC2)c2cc3c4ccccc4n(-c4ccc5ccc(-c6cc(-n7c8ccccc8c8cc9c(cc87)C(C)(C)c7ccccc7-9)nc(-n7c8ccccc8c8cc9c(cc87)C(C)(C)c7ccccc7-9)n6)cc5c4)c3cc21. The quantitative estimate of drug-likeness (QED) is 0.176. The topological polar surface area (TPSA) is 40.6 Å². The molecule has 0 amide bonds. The summed E-state index contributed by atoms with van der Waals surface area (Å²) in [4.78, 5) is 11.6. The molecule has 0 saturated carbocycles. The van der Waals surface area contributed by atoms with Crippen molar-refractivity contribution in [3.8, 4) is 51.0 Å². The Morgan fingerprint density at radius 1 is 0.366 bits per heavy atom. The average Bonchev–Trinajstić information content (AvgIpc) is 3.37. The van der Waals surface area contributed by atoms with Gasteiger partial charge >= 0.3 is 0 Å². The molecule has 0 fully saturated rings. The number of nitrogens with zero attached hydrogens (tertiary/aromatic N) is 5. The van der Waals surface area contributed by atoms with Gasteiger partial charge in [0.05, 0.1) is 38.8 Å². The lowest BCUT2D eigenvalue weighted by Gasteiger charge is -2.25. The maximum absolute atomic E-state index is 5.81. The minimum atomic E-state index is -0.194. The summed E-state index contributed by atoms with van der Waals surface area (Å²) < 4.78 is 7.24. The van der Waals surface area contributed by atoms with E-state index in [1.165, 1.54) is 110 Å². The largest absolute Gasteiger partial charge is 0.309 e. The van der Waals surface area contributed by atoms with Crippen LogP contribution in [-0.2, 0) is 16.2 Å².